The lowest BCUT2D eigenvalue weighted by Crippen LogP contribution is -2.10. The number of hydrogen-bond acceptors (Lipinski definition) is 6. The standard InChI is InChI=1S/C14H9FN2O2.C9H14N2O2S/c15-9-1-3-10(4-2-9)17-6-5-11-12(14(18)19)7-16-8-13(11)17;1-3-8(10)7-4-5-11-9(6-7)14(2,12)13/h1-8H,(H,18,19);4-6,8H,3,10H2,1-2H3/t;8-/m.0/s1. The molecule has 1 atom stereocenters. The Morgan fingerprint density at radius 1 is 1.18 bits per heavy atom. The molecule has 0 amide bonds. The summed E-state index contributed by atoms with van der Waals surface area (Å²) in [4.78, 5) is 18.8. The number of rotatable bonds is 5. The Morgan fingerprint density at radius 3 is 2.48 bits per heavy atom. The van der Waals surface area contributed by atoms with Crippen LogP contribution in [0.3, 0.4) is 0 Å². The van der Waals surface area contributed by atoms with Gasteiger partial charge in [-0.15, -0.1) is 0 Å². The molecule has 3 N–H and O–H groups in total. The Hall–Kier alpha value is -3.63. The van der Waals surface area contributed by atoms with Crippen molar-refractivity contribution in [3.63, 3.8) is 0 Å². The molecule has 3 aromatic heterocycles. The van der Waals surface area contributed by atoms with Crippen LogP contribution in [0.5, 0.6) is 0 Å². The van der Waals surface area contributed by atoms with Crippen LogP contribution in [0.1, 0.15) is 35.3 Å². The molecule has 172 valence electrons. The van der Waals surface area contributed by atoms with Gasteiger partial charge in [-0.25, -0.2) is 22.6 Å². The third-order valence-electron chi connectivity index (χ3n) is 4.96. The van der Waals surface area contributed by atoms with E-state index in [0.29, 0.717) is 10.9 Å². The van der Waals surface area contributed by atoms with Gasteiger partial charge in [-0.3, -0.25) is 4.98 Å². The van der Waals surface area contributed by atoms with E-state index in [1.807, 2.05) is 6.92 Å². The maximum absolute atomic E-state index is 12.9. The molecule has 0 saturated heterocycles. The summed E-state index contributed by atoms with van der Waals surface area (Å²) in [6, 6.07) is 10.8. The topological polar surface area (TPSA) is 128 Å². The van der Waals surface area contributed by atoms with E-state index in [0.717, 1.165) is 23.9 Å². The quantitative estimate of drug-likeness (QED) is 0.454. The van der Waals surface area contributed by atoms with Crippen LogP contribution < -0.4 is 5.73 Å². The average molecular weight is 471 g/mol. The highest BCUT2D eigenvalue weighted by Gasteiger charge is 2.13. The highest BCUT2D eigenvalue weighted by atomic mass is 32.2. The smallest absolute Gasteiger partial charge is 0.337 e. The Labute approximate surface area is 190 Å². The molecule has 0 aliphatic carbocycles. The van der Waals surface area contributed by atoms with Crippen molar-refractivity contribution in [3.05, 3.63) is 84.2 Å². The summed E-state index contributed by atoms with van der Waals surface area (Å²) in [5.41, 5.74) is 8.17. The minimum absolute atomic E-state index is 0.0823. The van der Waals surface area contributed by atoms with Crippen molar-refractivity contribution in [3.8, 4) is 5.69 Å². The fourth-order valence-corrected chi connectivity index (χ4v) is 3.75. The maximum Gasteiger partial charge on any atom is 0.337 e. The second-order valence-corrected chi connectivity index (χ2v) is 9.26. The van der Waals surface area contributed by atoms with Crippen molar-refractivity contribution in [2.75, 3.05) is 6.26 Å². The average Bonchev–Trinajstić information content (AvgIpc) is 3.23. The number of nitrogens with two attached hydrogens (primary N) is 1. The number of carbonyl (C=O) groups is 1. The van der Waals surface area contributed by atoms with Crippen LogP contribution in [0.15, 0.2) is 72.3 Å². The number of hydrogen-bond donors (Lipinski definition) is 2. The van der Waals surface area contributed by atoms with Gasteiger partial charge in [0.15, 0.2) is 14.9 Å². The van der Waals surface area contributed by atoms with Crippen molar-refractivity contribution in [2.45, 2.75) is 24.4 Å². The third-order valence-corrected chi connectivity index (χ3v) is 5.94. The third kappa shape index (κ3) is 5.60. The Kier molecular flexibility index (Phi) is 7.19. The van der Waals surface area contributed by atoms with E-state index in [9.17, 15) is 17.6 Å². The highest BCUT2D eigenvalue weighted by Crippen LogP contribution is 2.23. The minimum atomic E-state index is -3.23. The molecule has 0 bridgehead atoms. The Bertz CT molecular complexity index is 1390. The first-order valence-corrected chi connectivity index (χ1v) is 11.9. The van der Waals surface area contributed by atoms with Gasteiger partial charge in [0, 0.05) is 42.0 Å². The molecule has 3 heterocycles. The van der Waals surface area contributed by atoms with Crippen LogP contribution in [-0.2, 0) is 9.84 Å². The zero-order chi connectivity index (χ0) is 24.2. The molecule has 0 fully saturated rings. The van der Waals surface area contributed by atoms with E-state index in [1.165, 1.54) is 30.6 Å². The van der Waals surface area contributed by atoms with E-state index >= 15 is 0 Å². The summed E-state index contributed by atoms with van der Waals surface area (Å²) in [6.07, 6.45) is 8.03. The Morgan fingerprint density at radius 2 is 1.88 bits per heavy atom. The molecule has 0 aliphatic heterocycles. The van der Waals surface area contributed by atoms with Gasteiger partial charge in [0.25, 0.3) is 0 Å². The number of carboxylic acid groups (broad SMARTS) is 1. The van der Waals surface area contributed by atoms with Crippen molar-refractivity contribution in [1.82, 2.24) is 14.5 Å². The molecule has 4 aromatic rings. The first-order valence-electron chi connectivity index (χ1n) is 9.97. The van der Waals surface area contributed by atoms with Crippen LogP contribution >= 0.6 is 0 Å². The minimum Gasteiger partial charge on any atom is -0.478 e. The SMILES string of the molecule is CC[C@H](N)c1ccnc(S(C)(=O)=O)c1.O=C(O)c1cncc2c1ccn2-c1ccc(F)cc1. The number of aromatic carboxylic acids is 1. The molecule has 0 aliphatic rings. The van der Waals surface area contributed by atoms with Gasteiger partial charge < -0.3 is 15.4 Å². The molecule has 1 aromatic carbocycles. The van der Waals surface area contributed by atoms with Crippen molar-refractivity contribution in [1.29, 1.82) is 0 Å². The molecule has 10 heteroatoms. The molecule has 33 heavy (non-hydrogen) atoms. The normalized spacial score (nSPS) is 12.1. The molecule has 8 nitrogen and oxygen atoms in total. The molecule has 4 rings (SSSR count). The van der Waals surface area contributed by atoms with E-state index in [1.54, 1.807) is 41.2 Å². The van der Waals surface area contributed by atoms with Gasteiger partial charge in [-0.05, 0) is 54.4 Å². The lowest BCUT2D eigenvalue weighted by Gasteiger charge is -2.09. The van der Waals surface area contributed by atoms with E-state index < -0.39 is 15.8 Å². The number of fused-ring (bicyclic) bond motifs is 1. The Balaban J connectivity index is 0.000000196. The van der Waals surface area contributed by atoms with Gasteiger partial charge in [0.05, 0.1) is 17.3 Å². The first-order chi connectivity index (χ1) is 15.6. The predicted octanol–water partition coefficient (Wildman–Crippen LogP) is 3.76. The lowest BCUT2D eigenvalue weighted by atomic mass is 10.1. The number of sulfone groups is 1. The number of benzene rings is 1. The lowest BCUT2D eigenvalue weighted by molar-refractivity contribution is 0.0698. The fraction of sp³-hybridized carbons (Fsp3) is 0.174. The molecule has 0 spiro atoms. The number of pyridine rings is 2. The second-order valence-electron chi connectivity index (χ2n) is 7.30. The molecule has 0 radical (unpaired) electrons. The van der Waals surface area contributed by atoms with Gasteiger partial charge in [0.1, 0.15) is 5.82 Å². The van der Waals surface area contributed by atoms with E-state index in [2.05, 4.69) is 9.97 Å². The number of aromatic nitrogens is 3. The zero-order valence-corrected chi connectivity index (χ0v) is 18.8. The van der Waals surface area contributed by atoms with Crippen LogP contribution in [0.4, 0.5) is 4.39 Å². The summed E-state index contributed by atoms with van der Waals surface area (Å²) in [7, 11) is -3.23. The van der Waals surface area contributed by atoms with E-state index in [4.69, 9.17) is 10.8 Å². The van der Waals surface area contributed by atoms with Crippen molar-refractivity contribution >= 4 is 26.7 Å². The van der Waals surface area contributed by atoms with Crippen molar-refractivity contribution < 1.29 is 22.7 Å². The summed E-state index contributed by atoms with van der Waals surface area (Å²) in [5.74, 6) is -1.33. The largest absolute Gasteiger partial charge is 0.478 e. The van der Waals surface area contributed by atoms with Gasteiger partial charge >= 0.3 is 5.97 Å². The maximum atomic E-state index is 12.9. The number of halogens is 1. The number of carboxylic acids is 1. The summed E-state index contributed by atoms with van der Waals surface area (Å²) in [5, 5.41) is 9.79. The molecular weight excluding hydrogens is 447 g/mol. The predicted molar refractivity (Wildman–Crippen MR) is 123 cm³/mol. The summed E-state index contributed by atoms with van der Waals surface area (Å²) >= 11 is 0. The monoisotopic (exact) mass is 470 g/mol. The van der Waals surface area contributed by atoms with Gasteiger partial charge in [0.2, 0.25) is 0 Å². The molecular formula is C23H23FN4O4S. The zero-order valence-electron chi connectivity index (χ0n) is 18.0. The molecule has 0 saturated carbocycles. The van der Waals surface area contributed by atoms with Gasteiger partial charge in [-0.1, -0.05) is 6.92 Å². The second kappa shape index (κ2) is 9.88. The summed E-state index contributed by atoms with van der Waals surface area (Å²) < 4.78 is 37.1. The van der Waals surface area contributed by atoms with Crippen molar-refractivity contribution in [2.24, 2.45) is 5.73 Å². The highest BCUT2D eigenvalue weighted by molar-refractivity contribution is 7.90. The van der Waals surface area contributed by atoms with Crippen LogP contribution in [-0.4, -0.2) is 40.3 Å². The fourth-order valence-electron chi connectivity index (χ4n) is 3.15. The molecule has 0 unspecified atom stereocenters. The van der Waals surface area contributed by atoms with Crippen LogP contribution in [0, 0.1) is 5.82 Å². The number of nitrogens with zero attached hydrogens (tertiary/aromatic N) is 3. The first kappa shape index (κ1) is 24.0. The van der Waals surface area contributed by atoms with E-state index in [-0.39, 0.29) is 22.4 Å². The van der Waals surface area contributed by atoms with Crippen LogP contribution in [0.2, 0.25) is 0 Å². The summed E-state index contributed by atoms with van der Waals surface area (Å²) in [6.45, 7) is 1.95. The van der Waals surface area contributed by atoms with Crippen LogP contribution in [0.25, 0.3) is 16.6 Å². The van der Waals surface area contributed by atoms with Gasteiger partial charge in [-0.2, -0.15) is 0 Å².